The Labute approximate surface area is 174 Å². The third-order valence-electron chi connectivity index (χ3n) is 5.44. The molecule has 0 bridgehead atoms. The first kappa shape index (κ1) is 19.4. The fourth-order valence-corrected chi connectivity index (χ4v) is 3.69. The second-order valence-corrected chi connectivity index (χ2v) is 7.19. The monoisotopic (exact) mass is 402 g/mol. The highest BCUT2D eigenvalue weighted by molar-refractivity contribution is 5.72. The largest absolute Gasteiger partial charge is 0.497 e. The summed E-state index contributed by atoms with van der Waals surface area (Å²) in [5.74, 6) is 1.13. The van der Waals surface area contributed by atoms with Crippen molar-refractivity contribution in [2.45, 2.75) is 19.8 Å². The summed E-state index contributed by atoms with van der Waals surface area (Å²) in [6, 6.07) is 13.9. The van der Waals surface area contributed by atoms with Crippen molar-refractivity contribution in [2.24, 2.45) is 5.73 Å². The van der Waals surface area contributed by atoms with Gasteiger partial charge in [0.2, 0.25) is 11.8 Å². The first-order valence-corrected chi connectivity index (χ1v) is 9.43. The molecule has 2 heterocycles. The smallest absolute Gasteiger partial charge is 0.244 e. The lowest BCUT2D eigenvalue weighted by atomic mass is 9.82. The molecule has 1 unspecified atom stereocenters. The van der Waals surface area contributed by atoms with E-state index in [1.165, 1.54) is 5.56 Å². The van der Waals surface area contributed by atoms with Crippen molar-refractivity contribution < 1.29 is 14.2 Å². The Morgan fingerprint density at radius 1 is 1.07 bits per heavy atom. The van der Waals surface area contributed by atoms with Gasteiger partial charge >= 0.3 is 0 Å². The van der Waals surface area contributed by atoms with Crippen LogP contribution >= 0.6 is 0 Å². The molecule has 0 radical (unpaired) electrons. The molecule has 2 aromatic carbocycles. The molecule has 3 aromatic rings. The molecule has 152 valence electrons. The fourth-order valence-electron chi connectivity index (χ4n) is 3.69. The van der Waals surface area contributed by atoms with Crippen molar-refractivity contribution in [3.63, 3.8) is 0 Å². The number of nitrogens with zero attached hydrogens (tertiary/aromatic N) is 2. The minimum atomic E-state index is -0.488. The topological polar surface area (TPSA) is 106 Å². The van der Waals surface area contributed by atoms with Crippen LogP contribution in [-0.2, 0) is 0 Å². The van der Waals surface area contributed by atoms with Crippen LogP contribution in [0.4, 0.5) is 0 Å². The number of H-pyrrole nitrogens is 1. The van der Waals surface area contributed by atoms with E-state index in [4.69, 9.17) is 19.9 Å². The number of nitrogens with two attached hydrogens (primary N) is 1. The normalized spacial score (nSPS) is 15.2. The summed E-state index contributed by atoms with van der Waals surface area (Å²) >= 11 is 0. The predicted molar refractivity (Wildman–Crippen MR) is 112 cm³/mol. The van der Waals surface area contributed by atoms with Crippen LogP contribution in [0.3, 0.4) is 0 Å². The molecule has 0 spiro atoms. The van der Waals surface area contributed by atoms with Crippen molar-refractivity contribution in [1.29, 1.82) is 5.26 Å². The van der Waals surface area contributed by atoms with E-state index >= 15 is 0 Å². The minimum absolute atomic E-state index is 0.0370. The van der Waals surface area contributed by atoms with Gasteiger partial charge in [-0.25, -0.2) is 0 Å². The van der Waals surface area contributed by atoms with E-state index < -0.39 is 5.92 Å². The van der Waals surface area contributed by atoms with Gasteiger partial charge in [-0.3, -0.25) is 5.10 Å². The molecule has 0 saturated carbocycles. The van der Waals surface area contributed by atoms with Gasteiger partial charge in [0.15, 0.2) is 0 Å². The highest BCUT2D eigenvalue weighted by atomic mass is 16.5. The van der Waals surface area contributed by atoms with E-state index in [2.05, 4.69) is 42.2 Å². The molecule has 30 heavy (non-hydrogen) atoms. The molecule has 7 heteroatoms. The van der Waals surface area contributed by atoms with E-state index in [1.54, 1.807) is 20.3 Å². The number of aromatic amines is 1. The highest BCUT2D eigenvalue weighted by Gasteiger charge is 2.36. The first-order chi connectivity index (χ1) is 14.5. The summed E-state index contributed by atoms with van der Waals surface area (Å²) in [6.07, 6.45) is 0. The van der Waals surface area contributed by atoms with Gasteiger partial charge in [-0.05, 0) is 48.7 Å². The van der Waals surface area contributed by atoms with Crippen LogP contribution in [0.2, 0.25) is 0 Å². The van der Waals surface area contributed by atoms with Crippen LogP contribution in [0.25, 0.3) is 11.3 Å². The summed E-state index contributed by atoms with van der Waals surface area (Å²) in [4.78, 5) is 0. The zero-order valence-corrected chi connectivity index (χ0v) is 17.2. The number of aromatic nitrogens is 2. The second-order valence-electron chi connectivity index (χ2n) is 7.19. The number of nitrogens with one attached hydrogen (secondary N) is 1. The number of hydrogen-bond acceptors (Lipinski definition) is 6. The van der Waals surface area contributed by atoms with Gasteiger partial charge < -0.3 is 19.9 Å². The van der Waals surface area contributed by atoms with Gasteiger partial charge in [0.1, 0.15) is 23.1 Å². The number of hydrogen-bond donors (Lipinski definition) is 2. The zero-order chi connectivity index (χ0) is 21.4. The molecule has 1 aromatic heterocycles. The van der Waals surface area contributed by atoms with Gasteiger partial charge in [-0.1, -0.05) is 12.1 Å². The van der Waals surface area contributed by atoms with Crippen molar-refractivity contribution in [2.75, 3.05) is 14.2 Å². The average Bonchev–Trinajstić information content (AvgIpc) is 3.17. The third-order valence-corrected chi connectivity index (χ3v) is 5.44. The maximum atomic E-state index is 9.89. The van der Waals surface area contributed by atoms with Gasteiger partial charge in [0.05, 0.1) is 31.4 Å². The number of fused-ring (bicyclic) bond motifs is 1. The van der Waals surface area contributed by atoms with E-state index in [1.807, 2.05) is 18.2 Å². The highest BCUT2D eigenvalue weighted by Crippen LogP contribution is 2.47. The van der Waals surface area contributed by atoms with E-state index in [0.717, 1.165) is 27.9 Å². The zero-order valence-electron chi connectivity index (χ0n) is 17.2. The number of nitriles is 1. The maximum Gasteiger partial charge on any atom is 0.244 e. The molecule has 3 N–H and O–H groups in total. The number of ether oxygens (including phenoxy) is 3. The fraction of sp³-hybridized carbons (Fsp3) is 0.217. The first-order valence-electron chi connectivity index (χ1n) is 9.43. The second kappa shape index (κ2) is 7.48. The number of aryl methyl sites for hydroxylation is 2. The summed E-state index contributed by atoms with van der Waals surface area (Å²) in [7, 11) is 3.17. The Morgan fingerprint density at radius 3 is 2.37 bits per heavy atom. The van der Waals surface area contributed by atoms with Crippen LogP contribution in [0.15, 0.2) is 47.9 Å². The number of benzene rings is 2. The Kier molecular flexibility index (Phi) is 4.84. The number of rotatable bonds is 4. The van der Waals surface area contributed by atoms with Crippen molar-refractivity contribution in [1.82, 2.24) is 10.2 Å². The van der Waals surface area contributed by atoms with E-state index in [0.29, 0.717) is 23.0 Å². The Bertz CT molecular complexity index is 1180. The predicted octanol–water partition coefficient (Wildman–Crippen LogP) is 3.93. The SMILES string of the molecule is COc1cc(OC)cc(C2C(C#N)=C(N)Oc3n[nH]c(-c4ccc(C)c(C)c4)c32)c1. The molecule has 7 nitrogen and oxygen atoms in total. The standard InChI is InChI=1S/C23H22N4O3/c1-12-5-6-14(7-13(12)2)21-20-19(15-8-16(28-3)10-17(9-15)29-4)18(11-24)22(25)30-23(20)27-26-21/h5-10,19H,25H2,1-4H3,(H,26,27). The Morgan fingerprint density at radius 2 is 1.77 bits per heavy atom. The summed E-state index contributed by atoms with van der Waals surface area (Å²) in [5, 5.41) is 17.3. The number of methoxy groups -OCH3 is 2. The summed E-state index contributed by atoms with van der Waals surface area (Å²) < 4.78 is 16.6. The van der Waals surface area contributed by atoms with Gasteiger partial charge in [-0.2, -0.15) is 5.26 Å². The van der Waals surface area contributed by atoms with Crippen molar-refractivity contribution in [3.8, 4) is 34.7 Å². The van der Waals surface area contributed by atoms with Crippen LogP contribution in [0, 0.1) is 25.2 Å². The molecule has 4 rings (SSSR count). The minimum Gasteiger partial charge on any atom is -0.497 e. The molecule has 0 amide bonds. The lowest BCUT2D eigenvalue weighted by molar-refractivity contribution is 0.377. The molecular formula is C23H22N4O3. The Balaban J connectivity index is 1.97. The molecule has 0 saturated heterocycles. The van der Waals surface area contributed by atoms with Crippen LogP contribution in [-0.4, -0.2) is 24.4 Å². The van der Waals surface area contributed by atoms with Crippen molar-refractivity contribution >= 4 is 0 Å². The molecule has 1 atom stereocenters. The lowest BCUT2D eigenvalue weighted by Gasteiger charge is -2.25. The molecule has 0 fully saturated rings. The number of allylic oxidation sites excluding steroid dienone is 1. The maximum absolute atomic E-state index is 9.89. The van der Waals surface area contributed by atoms with Gasteiger partial charge in [-0.15, -0.1) is 5.10 Å². The summed E-state index contributed by atoms with van der Waals surface area (Å²) in [5.41, 5.74) is 12.0. The molecule has 0 aliphatic carbocycles. The van der Waals surface area contributed by atoms with Crippen LogP contribution in [0.5, 0.6) is 17.4 Å². The van der Waals surface area contributed by atoms with Gasteiger partial charge in [0.25, 0.3) is 0 Å². The molecule has 1 aliphatic rings. The van der Waals surface area contributed by atoms with Crippen LogP contribution < -0.4 is 19.9 Å². The van der Waals surface area contributed by atoms with Crippen molar-refractivity contribution in [3.05, 3.63) is 70.1 Å². The van der Waals surface area contributed by atoms with E-state index in [9.17, 15) is 5.26 Å². The summed E-state index contributed by atoms with van der Waals surface area (Å²) in [6.45, 7) is 4.12. The Hall–Kier alpha value is -3.92. The third kappa shape index (κ3) is 3.12. The van der Waals surface area contributed by atoms with E-state index in [-0.39, 0.29) is 5.88 Å². The lowest BCUT2D eigenvalue weighted by Crippen LogP contribution is -2.21. The quantitative estimate of drug-likeness (QED) is 0.685. The molecule has 1 aliphatic heterocycles. The average molecular weight is 402 g/mol. The molecular weight excluding hydrogens is 380 g/mol. The van der Waals surface area contributed by atoms with Gasteiger partial charge in [0, 0.05) is 11.6 Å². The van der Waals surface area contributed by atoms with Crippen LogP contribution in [0.1, 0.15) is 28.2 Å².